The minimum Gasteiger partial charge on any atom is -0.456 e. The van der Waals surface area contributed by atoms with E-state index in [-0.39, 0.29) is 5.41 Å². The first kappa shape index (κ1) is 39.0. The Bertz CT molecular complexity index is 3890. The molecule has 2 heteroatoms. The van der Waals surface area contributed by atoms with Crippen LogP contribution in [0.1, 0.15) is 25.0 Å². The molecule has 12 aromatic rings. The van der Waals surface area contributed by atoms with Crippen LogP contribution in [0.4, 0.5) is 17.1 Å². The lowest BCUT2D eigenvalue weighted by Crippen LogP contribution is -2.14. The molecule has 0 radical (unpaired) electrons. The van der Waals surface area contributed by atoms with E-state index in [1.54, 1.807) is 0 Å². The largest absolute Gasteiger partial charge is 0.456 e. The van der Waals surface area contributed by atoms with Gasteiger partial charge in [-0.1, -0.05) is 190 Å². The molecule has 1 aliphatic rings. The van der Waals surface area contributed by atoms with Gasteiger partial charge >= 0.3 is 0 Å². The van der Waals surface area contributed by atoms with Crippen molar-refractivity contribution in [2.24, 2.45) is 0 Å². The average molecular weight is 856 g/mol. The van der Waals surface area contributed by atoms with Crippen molar-refractivity contribution in [3.63, 3.8) is 0 Å². The summed E-state index contributed by atoms with van der Waals surface area (Å²) in [5.41, 5.74) is 19.8. The van der Waals surface area contributed by atoms with E-state index in [1.807, 2.05) is 0 Å². The van der Waals surface area contributed by atoms with Gasteiger partial charge in [-0.05, 0) is 149 Å². The zero-order chi connectivity index (χ0) is 44.6. The lowest BCUT2D eigenvalue weighted by atomic mass is 9.81. The Balaban J connectivity index is 0.955. The highest BCUT2D eigenvalue weighted by Gasteiger charge is 2.35. The van der Waals surface area contributed by atoms with Crippen LogP contribution in [0.2, 0.25) is 0 Å². The number of furan rings is 1. The molecule has 0 unspecified atom stereocenters. The van der Waals surface area contributed by atoms with E-state index < -0.39 is 0 Å². The fourth-order valence-corrected chi connectivity index (χ4v) is 10.9. The molecule has 1 heterocycles. The second-order valence-corrected chi connectivity index (χ2v) is 18.5. The number of hydrogen-bond donors (Lipinski definition) is 0. The molecule has 0 saturated heterocycles. The van der Waals surface area contributed by atoms with E-state index in [2.05, 4.69) is 255 Å². The van der Waals surface area contributed by atoms with Crippen LogP contribution in [0, 0.1) is 0 Å². The first-order valence-electron chi connectivity index (χ1n) is 23.2. The Morgan fingerprint density at radius 3 is 1.79 bits per heavy atom. The van der Waals surface area contributed by atoms with Gasteiger partial charge < -0.3 is 9.32 Å². The second-order valence-electron chi connectivity index (χ2n) is 18.5. The topological polar surface area (TPSA) is 16.4 Å². The van der Waals surface area contributed by atoms with Crippen molar-refractivity contribution in [1.82, 2.24) is 0 Å². The van der Waals surface area contributed by atoms with Crippen molar-refractivity contribution in [3.05, 3.63) is 248 Å². The zero-order valence-electron chi connectivity index (χ0n) is 37.4. The van der Waals surface area contributed by atoms with E-state index in [4.69, 9.17) is 4.42 Å². The summed E-state index contributed by atoms with van der Waals surface area (Å²) in [5.74, 6) is 0. The van der Waals surface area contributed by atoms with Crippen molar-refractivity contribution in [2.75, 3.05) is 4.90 Å². The van der Waals surface area contributed by atoms with Crippen molar-refractivity contribution in [1.29, 1.82) is 0 Å². The van der Waals surface area contributed by atoms with Gasteiger partial charge in [0.25, 0.3) is 0 Å². The molecule has 1 aromatic heterocycles. The minimum absolute atomic E-state index is 0.0677. The average Bonchev–Trinajstić information content (AvgIpc) is 3.88. The smallest absolute Gasteiger partial charge is 0.136 e. The molecule has 1 aliphatic carbocycles. The molecule has 0 aliphatic heterocycles. The highest BCUT2D eigenvalue weighted by Crippen LogP contribution is 2.50. The molecule has 2 nitrogen and oxygen atoms in total. The third kappa shape index (κ3) is 6.40. The van der Waals surface area contributed by atoms with Crippen molar-refractivity contribution >= 4 is 60.5 Å². The SMILES string of the molecule is CC1(C)c2ccccc2-c2ccc(-c3ccc(N(c4cccc(-c5ccccc5-c5ccccc5)c4)c4ccc5oc6cccc(-c7ccc8c(ccc9ccccc98)c7)c6c5c4)cc3)cc21. The summed E-state index contributed by atoms with van der Waals surface area (Å²) >= 11 is 0. The van der Waals surface area contributed by atoms with Crippen LogP contribution in [-0.2, 0) is 5.41 Å². The highest BCUT2D eigenvalue weighted by atomic mass is 16.3. The Morgan fingerprint density at radius 1 is 0.313 bits per heavy atom. The Labute approximate surface area is 390 Å². The van der Waals surface area contributed by atoms with Crippen LogP contribution in [0.5, 0.6) is 0 Å². The monoisotopic (exact) mass is 855 g/mol. The van der Waals surface area contributed by atoms with Crippen molar-refractivity contribution < 1.29 is 4.42 Å². The van der Waals surface area contributed by atoms with Gasteiger partial charge in [0.05, 0.1) is 0 Å². The number of anilines is 3. The fraction of sp³-hybridized carbons (Fsp3) is 0.0462. The van der Waals surface area contributed by atoms with Gasteiger partial charge in [0.15, 0.2) is 0 Å². The standard InChI is InChI=1S/C65H45NO/c1-65(2)60-24-11-10-22-57(60)58-36-30-45(40-61(58)65)42-28-32-49(33-29-42)66(50-18-12-17-46(39-50)54-21-9-8-20-52(54)43-14-4-3-5-15-43)51-34-37-62-59(41-51)64-56(23-13-25-63(64)67-62)48-31-35-55-47(38-48)27-26-44-16-6-7-19-53(44)55/h3-41H,1-2H3. The molecule has 316 valence electrons. The molecule has 0 spiro atoms. The highest BCUT2D eigenvalue weighted by molar-refractivity contribution is 6.15. The van der Waals surface area contributed by atoms with Crippen LogP contribution in [0.25, 0.3) is 99.1 Å². The molecular formula is C65H45NO. The molecule has 11 aromatic carbocycles. The van der Waals surface area contributed by atoms with Gasteiger partial charge in [-0.2, -0.15) is 0 Å². The number of rotatable bonds is 7. The summed E-state index contributed by atoms with van der Waals surface area (Å²) in [6.45, 7) is 4.70. The predicted molar refractivity (Wildman–Crippen MR) is 283 cm³/mol. The normalized spacial score (nSPS) is 12.7. The van der Waals surface area contributed by atoms with Crippen LogP contribution in [0.15, 0.2) is 241 Å². The lowest BCUT2D eigenvalue weighted by molar-refractivity contribution is 0.660. The van der Waals surface area contributed by atoms with Gasteiger partial charge in [0.1, 0.15) is 11.2 Å². The van der Waals surface area contributed by atoms with E-state index in [1.165, 1.54) is 71.6 Å². The minimum atomic E-state index is -0.0677. The quantitative estimate of drug-likeness (QED) is 0.149. The maximum atomic E-state index is 6.65. The molecule has 0 saturated carbocycles. The Kier molecular flexibility index (Phi) is 8.91. The lowest BCUT2D eigenvalue weighted by Gasteiger charge is -2.26. The molecule has 0 N–H and O–H groups in total. The zero-order valence-corrected chi connectivity index (χ0v) is 37.4. The first-order valence-corrected chi connectivity index (χ1v) is 23.2. The van der Waals surface area contributed by atoms with Gasteiger partial charge in [-0.15, -0.1) is 0 Å². The van der Waals surface area contributed by atoms with Crippen LogP contribution in [-0.4, -0.2) is 0 Å². The van der Waals surface area contributed by atoms with Gasteiger partial charge in [0.2, 0.25) is 0 Å². The van der Waals surface area contributed by atoms with Crippen molar-refractivity contribution in [3.8, 4) is 55.6 Å². The molecule has 0 bridgehead atoms. The van der Waals surface area contributed by atoms with Gasteiger partial charge in [-0.25, -0.2) is 0 Å². The third-order valence-corrected chi connectivity index (χ3v) is 14.3. The fourth-order valence-electron chi connectivity index (χ4n) is 10.9. The van der Waals surface area contributed by atoms with Crippen LogP contribution < -0.4 is 4.90 Å². The first-order chi connectivity index (χ1) is 33.0. The maximum Gasteiger partial charge on any atom is 0.136 e. The molecular weight excluding hydrogens is 811 g/mol. The maximum absolute atomic E-state index is 6.65. The van der Waals surface area contributed by atoms with Gasteiger partial charge in [0, 0.05) is 33.2 Å². The van der Waals surface area contributed by atoms with Gasteiger partial charge in [-0.3, -0.25) is 0 Å². The predicted octanol–water partition coefficient (Wildman–Crippen LogP) is 18.3. The van der Waals surface area contributed by atoms with Crippen LogP contribution in [0.3, 0.4) is 0 Å². The Morgan fingerprint density at radius 2 is 0.925 bits per heavy atom. The second kappa shape index (κ2) is 15.3. The van der Waals surface area contributed by atoms with Crippen LogP contribution >= 0.6 is 0 Å². The summed E-state index contributed by atoms with van der Waals surface area (Å²) < 4.78 is 6.65. The molecule has 0 amide bonds. The van der Waals surface area contributed by atoms with E-state index in [9.17, 15) is 0 Å². The summed E-state index contributed by atoms with van der Waals surface area (Å²) in [6, 6.07) is 86.4. The number of fused-ring (bicyclic) bond motifs is 9. The molecule has 0 fully saturated rings. The third-order valence-electron chi connectivity index (χ3n) is 14.3. The van der Waals surface area contributed by atoms with E-state index in [0.29, 0.717) is 0 Å². The Hall–Kier alpha value is -8.46. The number of nitrogens with zero attached hydrogens (tertiary/aromatic N) is 1. The summed E-state index contributed by atoms with van der Waals surface area (Å²) in [5, 5.41) is 7.19. The molecule has 13 rings (SSSR count). The van der Waals surface area contributed by atoms with Crippen molar-refractivity contribution in [2.45, 2.75) is 19.3 Å². The van der Waals surface area contributed by atoms with E-state index >= 15 is 0 Å². The number of benzene rings is 11. The van der Waals surface area contributed by atoms with E-state index in [0.717, 1.165) is 55.7 Å². The summed E-state index contributed by atoms with van der Waals surface area (Å²) in [4.78, 5) is 2.39. The number of hydrogen-bond acceptors (Lipinski definition) is 2. The summed E-state index contributed by atoms with van der Waals surface area (Å²) in [7, 11) is 0. The summed E-state index contributed by atoms with van der Waals surface area (Å²) in [6.07, 6.45) is 0. The molecule has 67 heavy (non-hydrogen) atoms. The molecule has 0 atom stereocenters.